The van der Waals surface area contributed by atoms with Crippen molar-refractivity contribution in [1.29, 1.82) is 0 Å². The van der Waals surface area contributed by atoms with Crippen LogP contribution in [0.2, 0.25) is 0 Å². The standard InChI is InChI=1S/C26H24N2O4S/c1-3-31-24-12-8-7-11-22(24)28-25(29)21(27-26(28)33)16-18-13-14-23(30-2)19(15-18)17-32-20-9-5-4-6-10-20/h4-16H,3,17H2,1-2H3,(H,27,33)/b21-16+. The summed E-state index contributed by atoms with van der Waals surface area (Å²) in [7, 11) is 1.62. The van der Waals surface area contributed by atoms with Crippen LogP contribution in [-0.2, 0) is 11.4 Å². The zero-order valence-electron chi connectivity index (χ0n) is 18.4. The predicted molar refractivity (Wildman–Crippen MR) is 133 cm³/mol. The number of nitrogens with one attached hydrogen (secondary N) is 1. The number of ether oxygens (including phenoxy) is 3. The molecular formula is C26H24N2O4S. The van der Waals surface area contributed by atoms with Crippen LogP contribution in [0.5, 0.6) is 17.2 Å². The minimum atomic E-state index is -0.245. The minimum absolute atomic E-state index is 0.245. The normalized spacial score (nSPS) is 14.4. The number of amides is 1. The molecule has 0 aliphatic carbocycles. The molecule has 3 aromatic carbocycles. The van der Waals surface area contributed by atoms with Crippen molar-refractivity contribution in [3.05, 3.63) is 89.6 Å². The van der Waals surface area contributed by atoms with Crippen molar-refractivity contribution < 1.29 is 19.0 Å². The molecule has 1 saturated heterocycles. The predicted octanol–water partition coefficient (Wildman–Crippen LogP) is 4.94. The highest BCUT2D eigenvalue weighted by molar-refractivity contribution is 7.80. The molecule has 0 bridgehead atoms. The van der Waals surface area contributed by atoms with Crippen molar-refractivity contribution in [2.45, 2.75) is 13.5 Å². The molecule has 1 amide bonds. The number of nitrogens with zero attached hydrogens (tertiary/aromatic N) is 1. The van der Waals surface area contributed by atoms with Crippen molar-refractivity contribution in [2.75, 3.05) is 18.6 Å². The largest absolute Gasteiger partial charge is 0.496 e. The Labute approximate surface area is 198 Å². The fraction of sp³-hybridized carbons (Fsp3) is 0.154. The van der Waals surface area contributed by atoms with E-state index in [1.807, 2.05) is 79.7 Å². The number of para-hydroxylation sites is 3. The molecular weight excluding hydrogens is 436 g/mol. The first-order chi connectivity index (χ1) is 16.1. The summed E-state index contributed by atoms with van der Waals surface area (Å²) in [5.74, 6) is 1.83. The van der Waals surface area contributed by atoms with Crippen molar-refractivity contribution >= 4 is 35.0 Å². The SMILES string of the molecule is CCOc1ccccc1N1C(=O)/C(=C\c2ccc(OC)c(COc3ccccc3)c2)NC1=S. The van der Waals surface area contributed by atoms with Gasteiger partial charge in [0.25, 0.3) is 5.91 Å². The Morgan fingerprint density at radius 2 is 1.73 bits per heavy atom. The summed E-state index contributed by atoms with van der Waals surface area (Å²) in [5.41, 5.74) is 2.67. The van der Waals surface area contributed by atoms with Gasteiger partial charge in [0, 0.05) is 5.56 Å². The third-order valence-electron chi connectivity index (χ3n) is 5.04. The van der Waals surface area contributed by atoms with Crippen LogP contribution in [0.3, 0.4) is 0 Å². The maximum Gasteiger partial charge on any atom is 0.281 e. The summed E-state index contributed by atoms with van der Waals surface area (Å²) in [6.45, 7) is 2.71. The lowest BCUT2D eigenvalue weighted by molar-refractivity contribution is -0.113. The fourth-order valence-electron chi connectivity index (χ4n) is 3.52. The second-order valence-corrected chi connectivity index (χ2v) is 7.59. The van der Waals surface area contributed by atoms with Gasteiger partial charge < -0.3 is 19.5 Å². The van der Waals surface area contributed by atoms with Gasteiger partial charge in [0.2, 0.25) is 0 Å². The zero-order valence-corrected chi connectivity index (χ0v) is 19.2. The fourth-order valence-corrected chi connectivity index (χ4v) is 3.81. The molecule has 3 aromatic rings. The number of carbonyl (C=O) groups excluding carboxylic acids is 1. The number of carbonyl (C=O) groups is 1. The smallest absolute Gasteiger partial charge is 0.281 e. The molecule has 1 N–H and O–H groups in total. The Kier molecular flexibility index (Phi) is 6.90. The second-order valence-electron chi connectivity index (χ2n) is 7.20. The van der Waals surface area contributed by atoms with E-state index in [1.54, 1.807) is 13.2 Å². The Bertz CT molecular complexity index is 1190. The molecule has 6 nitrogen and oxygen atoms in total. The van der Waals surface area contributed by atoms with Crippen molar-refractivity contribution in [2.24, 2.45) is 0 Å². The summed E-state index contributed by atoms with van der Waals surface area (Å²) in [6, 6.07) is 22.6. The third kappa shape index (κ3) is 4.99. The number of hydrogen-bond donors (Lipinski definition) is 1. The monoisotopic (exact) mass is 460 g/mol. The minimum Gasteiger partial charge on any atom is -0.496 e. The molecule has 33 heavy (non-hydrogen) atoms. The highest BCUT2D eigenvalue weighted by Crippen LogP contribution is 2.32. The molecule has 0 unspecified atom stereocenters. The van der Waals surface area contributed by atoms with Gasteiger partial charge >= 0.3 is 0 Å². The van der Waals surface area contributed by atoms with Gasteiger partial charge in [0.15, 0.2) is 5.11 Å². The molecule has 1 heterocycles. The van der Waals surface area contributed by atoms with Crippen LogP contribution in [0.4, 0.5) is 5.69 Å². The average molecular weight is 461 g/mol. The van der Waals surface area contributed by atoms with E-state index in [-0.39, 0.29) is 5.91 Å². The molecule has 0 atom stereocenters. The van der Waals surface area contributed by atoms with E-state index in [4.69, 9.17) is 26.4 Å². The lowest BCUT2D eigenvalue weighted by atomic mass is 10.1. The van der Waals surface area contributed by atoms with Crippen LogP contribution in [-0.4, -0.2) is 24.7 Å². The average Bonchev–Trinajstić information content (AvgIpc) is 3.11. The van der Waals surface area contributed by atoms with E-state index >= 15 is 0 Å². The van der Waals surface area contributed by atoms with Gasteiger partial charge in [0.1, 0.15) is 29.6 Å². The third-order valence-corrected chi connectivity index (χ3v) is 5.32. The zero-order chi connectivity index (χ0) is 23.2. The number of methoxy groups -OCH3 is 1. The molecule has 0 saturated carbocycles. The highest BCUT2D eigenvalue weighted by Gasteiger charge is 2.33. The molecule has 0 aromatic heterocycles. The summed E-state index contributed by atoms with van der Waals surface area (Å²) in [5, 5.41) is 3.33. The quantitative estimate of drug-likeness (QED) is 0.380. The Hall–Kier alpha value is -3.84. The van der Waals surface area contributed by atoms with Crippen molar-refractivity contribution in [1.82, 2.24) is 5.32 Å². The van der Waals surface area contributed by atoms with E-state index in [9.17, 15) is 4.79 Å². The number of benzene rings is 3. The number of anilines is 1. The van der Waals surface area contributed by atoms with Gasteiger partial charge in [-0.2, -0.15) is 0 Å². The van der Waals surface area contributed by atoms with Gasteiger partial charge in [-0.25, -0.2) is 4.90 Å². The number of thiocarbonyl (C=S) groups is 1. The lowest BCUT2D eigenvalue weighted by Crippen LogP contribution is -2.30. The van der Waals surface area contributed by atoms with Gasteiger partial charge in [-0.3, -0.25) is 4.79 Å². The van der Waals surface area contributed by atoms with Gasteiger partial charge in [-0.15, -0.1) is 0 Å². The molecule has 1 aliphatic heterocycles. The Morgan fingerprint density at radius 3 is 2.48 bits per heavy atom. The van der Waals surface area contributed by atoms with E-state index < -0.39 is 0 Å². The molecule has 1 aliphatic rings. The van der Waals surface area contributed by atoms with E-state index in [2.05, 4.69) is 5.32 Å². The van der Waals surface area contributed by atoms with Crippen LogP contribution in [0.25, 0.3) is 6.08 Å². The first kappa shape index (κ1) is 22.4. The first-order valence-electron chi connectivity index (χ1n) is 10.5. The van der Waals surface area contributed by atoms with Crippen LogP contribution >= 0.6 is 12.2 Å². The van der Waals surface area contributed by atoms with Gasteiger partial charge in [-0.05, 0) is 67.2 Å². The van der Waals surface area contributed by atoms with E-state index in [0.29, 0.717) is 41.2 Å². The number of rotatable bonds is 8. The van der Waals surface area contributed by atoms with Crippen LogP contribution in [0, 0.1) is 0 Å². The van der Waals surface area contributed by atoms with Crippen LogP contribution < -0.4 is 24.4 Å². The maximum absolute atomic E-state index is 13.2. The van der Waals surface area contributed by atoms with Gasteiger partial charge in [0.05, 0.1) is 19.4 Å². The second kappa shape index (κ2) is 10.2. The first-order valence-corrected chi connectivity index (χ1v) is 10.9. The van der Waals surface area contributed by atoms with E-state index in [0.717, 1.165) is 16.9 Å². The molecule has 1 fully saturated rings. The Balaban J connectivity index is 1.59. The molecule has 168 valence electrons. The summed E-state index contributed by atoms with van der Waals surface area (Å²) < 4.78 is 17.0. The molecule has 0 spiro atoms. The summed E-state index contributed by atoms with van der Waals surface area (Å²) in [4.78, 5) is 14.7. The summed E-state index contributed by atoms with van der Waals surface area (Å²) >= 11 is 5.46. The van der Waals surface area contributed by atoms with Crippen molar-refractivity contribution in [3.8, 4) is 17.2 Å². The Morgan fingerprint density at radius 1 is 0.970 bits per heavy atom. The maximum atomic E-state index is 13.2. The molecule has 7 heteroatoms. The van der Waals surface area contributed by atoms with E-state index in [1.165, 1.54) is 4.90 Å². The van der Waals surface area contributed by atoms with Crippen LogP contribution in [0.15, 0.2) is 78.5 Å². The summed E-state index contributed by atoms with van der Waals surface area (Å²) in [6.07, 6.45) is 1.77. The van der Waals surface area contributed by atoms with Gasteiger partial charge in [-0.1, -0.05) is 36.4 Å². The molecule has 0 radical (unpaired) electrons. The number of hydrogen-bond acceptors (Lipinski definition) is 5. The highest BCUT2D eigenvalue weighted by atomic mass is 32.1. The van der Waals surface area contributed by atoms with Crippen LogP contribution in [0.1, 0.15) is 18.1 Å². The topological polar surface area (TPSA) is 60.0 Å². The lowest BCUT2D eigenvalue weighted by Gasteiger charge is -2.18. The van der Waals surface area contributed by atoms with Crippen molar-refractivity contribution in [3.63, 3.8) is 0 Å². The molecule has 4 rings (SSSR count).